The number of allylic oxidation sites excluding steroid dienone is 4. The maximum atomic E-state index is 15.2. The quantitative estimate of drug-likeness (QED) is 0.151. The molecule has 9 rings (SSSR count). The van der Waals surface area contributed by atoms with Crippen molar-refractivity contribution in [2.75, 3.05) is 13.1 Å². The molecule has 3 fully saturated rings. The molecular formula is C47H41F3N2O6. The standard InChI is InChI=1S/C47H41F3N2O6/c48-47(49,50)58-32-16-19-39(53)37(24-32)42-33-17-18-34-41(45(57)52(44(34)56)31-20-22-51(23-21-31)27-28-10-4-1-5-11-28)36(33)25-38-43(55)35(29-12-6-2-7-13-29)26-40(54)46(38,42)30-14-8-3-9-15-30/h1-17,19,24,26,31,34,36,38,41-42,53H,18,20-23,25,27H2/t34-,36+,38-,41-,42+,46-/m0/s1. The maximum absolute atomic E-state index is 15.2. The maximum Gasteiger partial charge on any atom is 0.573 e. The molecule has 2 heterocycles. The first-order valence-corrected chi connectivity index (χ1v) is 19.8. The lowest BCUT2D eigenvalue weighted by atomic mass is 9.44. The Morgan fingerprint density at radius 3 is 2.12 bits per heavy atom. The minimum absolute atomic E-state index is 0.0367. The monoisotopic (exact) mass is 786 g/mol. The molecule has 0 bridgehead atoms. The molecule has 3 aliphatic carbocycles. The largest absolute Gasteiger partial charge is 0.573 e. The highest BCUT2D eigenvalue weighted by Crippen LogP contribution is 2.64. The highest BCUT2D eigenvalue weighted by atomic mass is 19.4. The number of imide groups is 1. The van der Waals surface area contributed by atoms with E-state index in [0.717, 1.165) is 24.7 Å². The second kappa shape index (κ2) is 14.5. The van der Waals surface area contributed by atoms with E-state index in [9.17, 15) is 27.9 Å². The predicted octanol–water partition coefficient (Wildman–Crippen LogP) is 7.78. The van der Waals surface area contributed by atoms with Crippen LogP contribution in [0.4, 0.5) is 13.2 Å². The number of alkyl halides is 3. The van der Waals surface area contributed by atoms with Crippen molar-refractivity contribution in [1.82, 2.24) is 9.80 Å². The van der Waals surface area contributed by atoms with Gasteiger partial charge in [-0.25, -0.2) is 0 Å². The predicted molar refractivity (Wildman–Crippen MR) is 208 cm³/mol. The van der Waals surface area contributed by atoms with Crippen LogP contribution in [0, 0.1) is 23.7 Å². The zero-order chi connectivity index (χ0) is 40.3. The van der Waals surface area contributed by atoms with Gasteiger partial charge in [0.1, 0.15) is 11.5 Å². The molecular weight excluding hydrogens is 746 g/mol. The summed E-state index contributed by atoms with van der Waals surface area (Å²) in [5.74, 6) is -7.02. The van der Waals surface area contributed by atoms with Gasteiger partial charge in [0.25, 0.3) is 0 Å². The van der Waals surface area contributed by atoms with Crippen molar-refractivity contribution in [2.45, 2.75) is 56.0 Å². The molecule has 2 amide bonds. The van der Waals surface area contributed by atoms with Gasteiger partial charge in [0.2, 0.25) is 11.8 Å². The van der Waals surface area contributed by atoms with Crippen LogP contribution in [0.25, 0.3) is 5.57 Å². The fraction of sp³-hybridized carbons (Fsp3) is 0.319. The number of phenols is 1. The number of ketones is 2. The number of piperidine rings is 1. The van der Waals surface area contributed by atoms with E-state index in [0.29, 0.717) is 42.6 Å². The number of aromatic hydroxyl groups is 1. The average Bonchev–Trinajstić information content (AvgIpc) is 3.48. The summed E-state index contributed by atoms with van der Waals surface area (Å²) in [7, 11) is 0. The van der Waals surface area contributed by atoms with E-state index in [1.807, 2.05) is 24.3 Å². The third-order valence-corrected chi connectivity index (χ3v) is 13.1. The lowest BCUT2D eigenvalue weighted by Gasteiger charge is -2.55. The van der Waals surface area contributed by atoms with E-state index >= 15 is 9.59 Å². The normalized spacial score (nSPS) is 27.7. The highest BCUT2D eigenvalue weighted by molar-refractivity contribution is 6.31. The minimum atomic E-state index is -5.05. The zero-order valence-electron chi connectivity index (χ0n) is 31.5. The number of nitrogens with zero attached hydrogens (tertiary/aromatic N) is 2. The molecule has 58 heavy (non-hydrogen) atoms. The molecule has 0 spiro atoms. The van der Waals surface area contributed by atoms with E-state index in [1.165, 1.54) is 16.5 Å². The van der Waals surface area contributed by atoms with Gasteiger partial charge in [-0.15, -0.1) is 13.2 Å². The summed E-state index contributed by atoms with van der Waals surface area (Å²) in [6, 6.07) is 30.4. The van der Waals surface area contributed by atoms with Crippen LogP contribution < -0.4 is 4.74 Å². The summed E-state index contributed by atoms with van der Waals surface area (Å²) in [6.45, 7) is 2.16. The van der Waals surface area contributed by atoms with Crippen LogP contribution in [0.5, 0.6) is 11.5 Å². The molecule has 1 N–H and O–H groups in total. The first-order valence-electron chi connectivity index (χ1n) is 19.8. The number of rotatable bonds is 7. The molecule has 2 aliphatic heterocycles. The number of hydrogen-bond donors (Lipinski definition) is 1. The molecule has 0 unspecified atom stereocenters. The van der Waals surface area contributed by atoms with Crippen molar-refractivity contribution in [2.24, 2.45) is 23.7 Å². The Morgan fingerprint density at radius 1 is 0.793 bits per heavy atom. The Labute approximate surface area is 333 Å². The van der Waals surface area contributed by atoms with Crippen molar-refractivity contribution < 1.29 is 42.2 Å². The van der Waals surface area contributed by atoms with E-state index in [4.69, 9.17) is 0 Å². The van der Waals surface area contributed by atoms with Gasteiger partial charge in [0, 0.05) is 48.6 Å². The summed E-state index contributed by atoms with van der Waals surface area (Å²) in [5.41, 5.74) is 1.13. The molecule has 4 aromatic rings. The van der Waals surface area contributed by atoms with E-state index in [1.54, 1.807) is 60.7 Å². The Kier molecular flexibility index (Phi) is 9.46. The van der Waals surface area contributed by atoms with E-state index in [-0.39, 0.29) is 47.6 Å². The van der Waals surface area contributed by atoms with Crippen LogP contribution >= 0.6 is 0 Å². The molecule has 0 aromatic heterocycles. The number of carbonyl (C=O) groups excluding carboxylic acids is 4. The van der Waals surface area contributed by atoms with Crippen LogP contribution in [-0.4, -0.2) is 63.8 Å². The van der Waals surface area contributed by atoms with E-state index in [2.05, 4.69) is 21.8 Å². The smallest absolute Gasteiger partial charge is 0.508 e. The third-order valence-electron chi connectivity index (χ3n) is 13.1. The first kappa shape index (κ1) is 37.7. The number of hydrogen-bond acceptors (Lipinski definition) is 7. The van der Waals surface area contributed by atoms with Crippen LogP contribution in [-0.2, 0) is 31.1 Å². The molecule has 5 aliphatic rings. The molecule has 1 saturated carbocycles. The lowest BCUT2D eigenvalue weighted by Crippen LogP contribution is -2.59. The average molecular weight is 787 g/mol. The number of likely N-dealkylation sites (tertiary alicyclic amines) is 2. The number of ether oxygens (including phenoxy) is 1. The Morgan fingerprint density at radius 2 is 1.45 bits per heavy atom. The number of carbonyl (C=O) groups is 4. The van der Waals surface area contributed by atoms with Crippen molar-refractivity contribution in [1.29, 1.82) is 0 Å². The van der Waals surface area contributed by atoms with Gasteiger partial charge in [-0.1, -0.05) is 103 Å². The summed E-state index contributed by atoms with van der Waals surface area (Å²) in [6.07, 6.45) is -0.492. The number of Topliss-reactive ketones (excluding diaryl/α,β-unsaturated/α-hetero) is 1. The van der Waals surface area contributed by atoms with Gasteiger partial charge in [0.15, 0.2) is 11.6 Å². The van der Waals surface area contributed by atoms with Crippen LogP contribution in [0.1, 0.15) is 53.9 Å². The summed E-state index contributed by atoms with van der Waals surface area (Å²) in [5, 5.41) is 11.6. The molecule has 4 aromatic carbocycles. The SMILES string of the molecule is O=C1C(c2ccccc2)=CC(=O)[C@@]2(c3ccccc3)[C@@H](c3cc(OC(F)(F)F)ccc3O)C3=CC[C@@H]4C(=O)N(C5CCN(Cc6ccccc6)CC5)C(=O)[C@@H]4[C@@H]3C[C@@H]12. The summed E-state index contributed by atoms with van der Waals surface area (Å²) in [4.78, 5) is 63.3. The second-order valence-electron chi connectivity index (χ2n) is 16.1. The number of amides is 2. The number of benzene rings is 4. The van der Waals surface area contributed by atoms with Crippen molar-refractivity contribution in [3.8, 4) is 11.5 Å². The topological polar surface area (TPSA) is 104 Å². The molecule has 2 saturated heterocycles. The van der Waals surface area contributed by atoms with Gasteiger partial charge >= 0.3 is 6.36 Å². The minimum Gasteiger partial charge on any atom is -0.508 e. The zero-order valence-corrected chi connectivity index (χ0v) is 31.5. The number of halogens is 3. The molecule has 0 radical (unpaired) electrons. The summed E-state index contributed by atoms with van der Waals surface area (Å²) < 4.78 is 45.3. The van der Waals surface area contributed by atoms with Gasteiger partial charge < -0.3 is 9.84 Å². The number of fused-ring (bicyclic) bond motifs is 4. The second-order valence-corrected chi connectivity index (χ2v) is 16.1. The molecule has 8 nitrogen and oxygen atoms in total. The van der Waals surface area contributed by atoms with Crippen LogP contribution in [0.3, 0.4) is 0 Å². The highest BCUT2D eigenvalue weighted by Gasteiger charge is 2.66. The van der Waals surface area contributed by atoms with Gasteiger partial charge in [0.05, 0.1) is 17.3 Å². The first-order chi connectivity index (χ1) is 28.0. The third kappa shape index (κ3) is 6.27. The Hall–Kier alpha value is -5.81. The van der Waals surface area contributed by atoms with Crippen LogP contribution in [0.15, 0.2) is 127 Å². The molecule has 6 atom stereocenters. The molecule has 296 valence electrons. The van der Waals surface area contributed by atoms with E-state index < -0.39 is 58.6 Å². The van der Waals surface area contributed by atoms with Crippen LogP contribution in [0.2, 0.25) is 0 Å². The fourth-order valence-electron chi connectivity index (χ4n) is 10.7. The fourth-order valence-corrected chi connectivity index (χ4v) is 10.7. The number of phenolic OH excluding ortho intramolecular Hbond substituents is 1. The van der Waals surface area contributed by atoms with Crippen molar-refractivity contribution >= 4 is 29.0 Å². The lowest BCUT2D eigenvalue weighted by molar-refractivity contribution is -0.274. The van der Waals surface area contributed by atoms with Crippen molar-refractivity contribution in [3.05, 3.63) is 149 Å². The Balaban J connectivity index is 1.15. The Bertz CT molecular complexity index is 2340. The molecule has 11 heteroatoms. The van der Waals surface area contributed by atoms with Gasteiger partial charge in [-0.2, -0.15) is 0 Å². The van der Waals surface area contributed by atoms with Crippen molar-refractivity contribution in [3.63, 3.8) is 0 Å². The van der Waals surface area contributed by atoms with Gasteiger partial charge in [-0.05, 0) is 72.6 Å². The summed E-state index contributed by atoms with van der Waals surface area (Å²) >= 11 is 0. The van der Waals surface area contributed by atoms with Gasteiger partial charge in [-0.3, -0.25) is 29.0 Å².